The third-order valence-electron chi connectivity index (χ3n) is 8.19. The van der Waals surface area contributed by atoms with Gasteiger partial charge < -0.3 is 47.4 Å². The van der Waals surface area contributed by atoms with Crippen LogP contribution >= 0.6 is 0 Å². The summed E-state index contributed by atoms with van der Waals surface area (Å²) in [7, 11) is 0. The van der Waals surface area contributed by atoms with Crippen LogP contribution in [0.4, 0.5) is 0 Å². The van der Waals surface area contributed by atoms with Gasteiger partial charge in [-0.2, -0.15) is 0 Å². The third-order valence-corrected chi connectivity index (χ3v) is 8.19. The Hall–Kier alpha value is -5.32. The molecule has 0 aromatic heterocycles. The van der Waals surface area contributed by atoms with Gasteiger partial charge in [-0.3, -0.25) is 33.6 Å². The zero-order valence-electron chi connectivity index (χ0n) is 32.4. The highest BCUT2D eigenvalue weighted by atomic mass is 16.4. The first-order chi connectivity index (χ1) is 25.2. The maximum absolute atomic E-state index is 13.8. The van der Waals surface area contributed by atoms with Crippen LogP contribution in [0.1, 0.15) is 80.7 Å². The number of rotatable bonds is 21. The van der Waals surface area contributed by atoms with Crippen LogP contribution in [0.15, 0.2) is 42.1 Å². The third kappa shape index (κ3) is 15.7. The maximum atomic E-state index is 13.8. The predicted molar refractivity (Wildman–Crippen MR) is 199 cm³/mol. The van der Waals surface area contributed by atoms with Crippen LogP contribution in [-0.2, 0) is 44.8 Å². The predicted octanol–water partition coefficient (Wildman–Crippen LogP) is -0.225. The van der Waals surface area contributed by atoms with E-state index in [0.29, 0.717) is 5.56 Å². The van der Waals surface area contributed by atoms with Gasteiger partial charge in [0.1, 0.15) is 41.9 Å². The Balaban J connectivity index is 3.27. The van der Waals surface area contributed by atoms with Crippen molar-refractivity contribution in [2.75, 3.05) is 0 Å². The van der Waals surface area contributed by atoms with Crippen molar-refractivity contribution in [1.29, 1.82) is 0 Å². The normalized spacial score (nSPS) is 15.3. The highest BCUT2D eigenvalue weighted by molar-refractivity contribution is 5.98. The summed E-state index contributed by atoms with van der Waals surface area (Å²) in [4.78, 5) is 103. The number of amides is 7. The van der Waals surface area contributed by atoms with Crippen molar-refractivity contribution in [2.24, 2.45) is 11.8 Å². The molecule has 0 bridgehead atoms. The molecule has 0 spiro atoms. The summed E-state index contributed by atoms with van der Waals surface area (Å²) in [6.07, 6.45) is 0.00870. The molecular weight excluding hydrogens is 702 g/mol. The lowest BCUT2D eigenvalue weighted by molar-refractivity contribution is -0.137. The number of aliphatic hydroxyl groups excluding tert-OH is 1. The summed E-state index contributed by atoms with van der Waals surface area (Å²) in [5.41, 5.74) is 0.259. The van der Waals surface area contributed by atoms with Gasteiger partial charge in [-0.15, -0.1) is 0 Å². The van der Waals surface area contributed by atoms with Gasteiger partial charge in [-0.25, -0.2) is 4.79 Å². The Bertz CT molecular complexity index is 1510. The molecular formula is C37H57N7O10. The van der Waals surface area contributed by atoms with Crippen molar-refractivity contribution in [3.63, 3.8) is 0 Å². The number of hydrogen-bond acceptors (Lipinski definition) is 9. The average Bonchev–Trinajstić information content (AvgIpc) is 3.10. The summed E-state index contributed by atoms with van der Waals surface area (Å²) in [5.74, 6) is -7.03. The highest BCUT2D eigenvalue weighted by Crippen LogP contribution is 2.10. The zero-order chi connectivity index (χ0) is 41.3. The molecule has 0 saturated heterocycles. The molecule has 0 heterocycles. The lowest BCUT2D eigenvalue weighted by Crippen LogP contribution is -2.62. The molecule has 9 N–H and O–H groups in total. The number of hydrogen-bond donors (Lipinski definition) is 9. The molecule has 17 nitrogen and oxygen atoms in total. The van der Waals surface area contributed by atoms with E-state index in [4.69, 9.17) is 0 Å². The average molecular weight is 760 g/mol. The van der Waals surface area contributed by atoms with Gasteiger partial charge in [0.15, 0.2) is 0 Å². The summed E-state index contributed by atoms with van der Waals surface area (Å²) in [6.45, 7) is 14.0. The number of carboxylic acids is 1. The van der Waals surface area contributed by atoms with Crippen LogP contribution in [0.5, 0.6) is 0 Å². The zero-order valence-corrected chi connectivity index (χ0v) is 32.4. The van der Waals surface area contributed by atoms with Gasteiger partial charge >= 0.3 is 5.97 Å². The van der Waals surface area contributed by atoms with Crippen LogP contribution < -0.4 is 37.2 Å². The molecule has 1 rings (SSSR count). The maximum Gasteiger partial charge on any atom is 0.352 e. The number of aliphatic carboxylic acids is 1. The van der Waals surface area contributed by atoms with Crippen LogP contribution in [0, 0.1) is 11.8 Å². The minimum absolute atomic E-state index is 0.0361. The molecule has 0 fully saturated rings. The quantitative estimate of drug-likeness (QED) is 0.0744. The molecule has 1 aromatic rings. The fraction of sp³-hybridized carbons (Fsp3) is 0.568. The SMILES string of the molecule is C/C=C(\NC(=O)[C@H](C)NC(=O)[C@@H](NC(=O)[C@H](NC(=O)[C@H](Cc1ccccc1)NC(=O)[C@@H](CC(C)C)NC(=O)[C@H](C)NC(=O)CC)[C@@H](C)O)C(C)C)C(=O)O. The number of carboxylic acid groups (broad SMARTS) is 1. The topological polar surface area (TPSA) is 261 Å². The smallest absolute Gasteiger partial charge is 0.352 e. The van der Waals surface area contributed by atoms with Crippen molar-refractivity contribution >= 4 is 47.3 Å². The number of carbonyl (C=O) groups is 8. The standard InChI is InChI=1S/C37H57N7O10/c1-10-25(37(53)54)40-32(48)22(8)39-35(51)29(20(5)6)43-36(52)30(23(9)45)44-34(50)27(18-24-15-13-12-14-16-24)42-33(49)26(17-19(3)4)41-31(47)21(7)38-28(46)11-2/h10,12-16,19-23,26-27,29-30,45H,11,17-18H2,1-9H3,(H,38,46)(H,39,51)(H,40,48)(H,41,47)(H,42,49)(H,43,52)(H,44,50)(H,53,54)/b25-10-/t21-,22-,23+,26+,27-,29-,30+/m0/s1. The molecule has 7 atom stereocenters. The van der Waals surface area contributed by atoms with Crippen LogP contribution in [-0.4, -0.2) is 99.9 Å². The van der Waals surface area contributed by atoms with Gasteiger partial charge in [0.2, 0.25) is 41.4 Å². The van der Waals surface area contributed by atoms with Crippen LogP contribution in [0.2, 0.25) is 0 Å². The Kier molecular flexibility index (Phi) is 19.6. The lowest BCUT2D eigenvalue weighted by Gasteiger charge is -2.29. The molecule has 17 heteroatoms. The second-order valence-electron chi connectivity index (χ2n) is 13.8. The van der Waals surface area contributed by atoms with E-state index in [1.807, 2.05) is 13.8 Å². The summed E-state index contributed by atoms with van der Waals surface area (Å²) >= 11 is 0. The summed E-state index contributed by atoms with van der Waals surface area (Å²) in [6, 6.07) is 1.30. The number of carbonyl (C=O) groups excluding carboxylic acids is 7. The Labute approximate surface area is 316 Å². The summed E-state index contributed by atoms with van der Waals surface area (Å²) < 4.78 is 0. The number of nitrogens with one attached hydrogen (secondary N) is 7. The van der Waals surface area contributed by atoms with E-state index in [9.17, 15) is 48.6 Å². The molecule has 7 amide bonds. The minimum Gasteiger partial charge on any atom is -0.477 e. The van der Waals surface area contributed by atoms with E-state index in [-0.39, 0.29) is 36.8 Å². The van der Waals surface area contributed by atoms with E-state index in [2.05, 4.69) is 37.2 Å². The number of aliphatic hydroxyl groups is 1. The van der Waals surface area contributed by atoms with Crippen molar-refractivity contribution in [3.05, 3.63) is 47.7 Å². The molecule has 0 aliphatic heterocycles. The monoisotopic (exact) mass is 759 g/mol. The van der Waals surface area contributed by atoms with Crippen molar-refractivity contribution in [1.82, 2.24) is 37.2 Å². The number of allylic oxidation sites excluding steroid dienone is 1. The molecule has 1 aromatic carbocycles. The van der Waals surface area contributed by atoms with Gasteiger partial charge in [0, 0.05) is 12.8 Å². The molecule has 0 aliphatic carbocycles. The highest BCUT2D eigenvalue weighted by Gasteiger charge is 2.35. The van der Waals surface area contributed by atoms with Gasteiger partial charge in [-0.1, -0.05) is 71.0 Å². The van der Waals surface area contributed by atoms with Crippen LogP contribution in [0.3, 0.4) is 0 Å². The van der Waals surface area contributed by atoms with Crippen molar-refractivity contribution < 1.29 is 48.6 Å². The fourth-order valence-electron chi connectivity index (χ4n) is 5.04. The van der Waals surface area contributed by atoms with E-state index >= 15 is 0 Å². The van der Waals surface area contributed by atoms with E-state index in [1.54, 1.807) is 51.1 Å². The Morgan fingerprint density at radius 3 is 1.67 bits per heavy atom. The van der Waals surface area contributed by atoms with E-state index < -0.39 is 89.7 Å². The van der Waals surface area contributed by atoms with Gasteiger partial charge in [-0.05, 0) is 51.5 Å². The first kappa shape index (κ1) is 46.7. The van der Waals surface area contributed by atoms with Gasteiger partial charge in [0.05, 0.1) is 6.10 Å². The molecule has 300 valence electrons. The molecule has 0 unspecified atom stereocenters. The molecule has 0 aliphatic rings. The second kappa shape index (κ2) is 22.7. The lowest BCUT2D eigenvalue weighted by atomic mass is 10.00. The molecule has 54 heavy (non-hydrogen) atoms. The minimum atomic E-state index is -1.61. The first-order valence-corrected chi connectivity index (χ1v) is 18.0. The Morgan fingerprint density at radius 1 is 0.648 bits per heavy atom. The molecule has 0 saturated carbocycles. The van der Waals surface area contributed by atoms with Crippen molar-refractivity contribution in [3.8, 4) is 0 Å². The Morgan fingerprint density at radius 2 is 1.17 bits per heavy atom. The van der Waals surface area contributed by atoms with E-state index in [1.165, 1.54) is 33.8 Å². The summed E-state index contributed by atoms with van der Waals surface area (Å²) in [5, 5.41) is 37.3. The second-order valence-corrected chi connectivity index (χ2v) is 13.8. The number of benzene rings is 1. The van der Waals surface area contributed by atoms with Crippen LogP contribution in [0.25, 0.3) is 0 Å². The van der Waals surface area contributed by atoms with Gasteiger partial charge in [0.25, 0.3) is 0 Å². The van der Waals surface area contributed by atoms with E-state index in [0.717, 1.165) is 0 Å². The largest absolute Gasteiger partial charge is 0.477 e. The molecule has 0 radical (unpaired) electrons. The first-order valence-electron chi connectivity index (χ1n) is 18.0. The fourth-order valence-corrected chi connectivity index (χ4v) is 5.04. The van der Waals surface area contributed by atoms with Crippen molar-refractivity contribution in [2.45, 2.75) is 124 Å².